The van der Waals surface area contributed by atoms with E-state index in [1.807, 2.05) is 0 Å². The van der Waals surface area contributed by atoms with Crippen LogP contribution in [0.2, 0.25) is 5.02 Å². The molecule has 0 aliphatic rings. The second kappa shape index (κ2) is 5.32. The van der Waals surface area contributed by atoms with E-state index in [0.717, 1.165) is 0 Å². The summed E-state index contributed by atoms with van der Waals surface area (Å²) in [5.74, 6) is 0.489. The van der Waals surface area contributed by atoms with Crippen molar-refractivity contribution < 1.29 is 14.6 Å². The van der Waals surface area contributed by atoms with Crippen LogP contribution in [0.15, 0.2) is 18.2 Å². The van der Waals surface area contributed by atoms with Crippen molar-refractivity contribution in [2.45, 2.75) is 25.9 Å². The summed E-state index contributed by atoms with van der Waals surface area (Å²) < 4.78 is 5.41. The summed E-state index contributed by atoms with van der Waals surface area (Å²) in [6, 6.07) is 4.86. The third-order valence-electron chi connectivity index (χ3n) is 2.07. The van der Waals surface area contributed by atoms with Crippen molar-refractivity contribution in [3.63, 3.8) is 0 Å². The predicted molar refractivity (Wildman–Crippen MR) is 63.2 cm³/mol. The molecular weight excluding hydrogens is 228 g/mol. The van der Waals surface area contributed by atoms with E-state index in [0.29, 0.717) is 35.6 Å². The molecule has 0 aliphatic heterocycles. The van der Waals surface area contributed by atoms with Crippen LogP contribution < -0.4 is 4.74 Å². The zero-order valence-corrected chi connectivity index (χ0v) is 10.1. The molecular formula is C12H15ClO3. The Hall–Kier alpha value is -1.06. The van der Waals surface area contributed by atoms with E-state index in [-0.39, 0.29) is 0 Å². The first-order valence-corrected chi connectivity index (χ1v) is 5.40. The third-order valence-corrected chi connectivity index (χ3v) is 2.31. The molecule has 1 aromatic carbocycles. The molecule has 4 heteroatoms. The highest BCUT2D eigenvalue weighted by Gasteiger charge is 2.12. The second-order valence-corrected chi connectivity index (χ2v) is 4.65. The van der Waals surface area contributed by atoms with Crippen molar-refractivity contribution in [1.82, 2.24) is 0 Å². The van der Waals surface area contributed by atoms with E-state index in [1.54, 1.807) is 32.0 Å². The van der Waals surface area contributed by atoms with Crippen LogP contribution in [0, 0.1) is 0 Å². The van der Waals surface area contributed by atoms with Gasteiger partial charge in [-0.15, -0.1) is 0 Å². The fourth-order valence-electron chi connectivity index (χ4n) is 1.15. The minimum Gasteiger partial charge on any atom is -0.493 e. The molecule has 88 valence electrons. The Kier molecular flexibility index (Phi) is 4.33. The molecule has 0 bridgehead atoms. The number of carbonyl (C=O) groups excluding carboxylic acids is 1. The van der Waals surface area contributed by atoms with E-state index in [4.69, 9.17) is 16.3 Å². The number of hydrogen-bond acceptors (Lipinski definition) is 3. The van der Waals surface area contributed by atoms with Gasteiger partial charge in [0.25, 0.3) is 0 Å². The zero-order chi connectivity index (χ0) is 12.2. The SMILES string of the molecule is CC(C)(O)CCOc1ccc(Cl)cc1C=O. The summed E-state index contributed by atoms with van der Waals surface area (Å²) in [5.41, 5.74) is -0.350. The summed E-state index contributed by atoms with van der Waals surface area (Å²) in [6.45, 7) is 3.77. The number of halogens is 1. The van der Waals surface area contributed by atoms with Gasteiger partial charge in [-0.2, -0.15) is 0 Å². The van der Waals surface area contributed by atoms with Crippen LogP contribution in [0.5, 0.6) is 5.75 Å². The summed E-state index contributed by atoms with van der Waals surface area (Å²) in [4.78, 5) is 10.8. The van der Waals surface area contributed by atoms with E-state index in [9.17, 15) is 9.90 Å². The lowest BCUT2D eigenvalue weighted by atomic mass is 10.1. The average Bonchev–Trinajstić information content (AvgIpc) is 2.18. The van der Waals surface area contributed by atoms with Gasteiger partial charge in [-0.05, 0) is 32.0 Å². The average molecular weight is 243 g/mol. The molecule has 0 unspecified atom stereocenters. The quantitative estimate of drug-likeness (QED) is 0.808. The van der Waals surface area contributed by atoms with Gasteiger partial charge in [0.1, 0.15) is 5.75 Å². The lowest BCUT2D eigenvalue weighted by molar-refractivity contribution is 0.0552. The van der Waals surface area contributed by atoms with Gasteiger partial charge in [0.05, 0.1) is 17.8 Å². The first-order chi connectivity index (χ1) is 7.42. The summed E-state index contributed by atoms with van der Waals surface area (Å²) in [7, 11) is 0. The Morgan fingerprint density at radius 3 is 2.75 bits per heavy atom. The number of ether oxygens (including phenoxy) is 1. The highest BCUT2D eigenvalue weighted by Crippen LogP contribution is 2.22. The van der Waals surface area contributed by atoms with Gasteiger partial charge in [0.2, 0.25) is 0 Å². The highest BCUT2D eigenvalue weighted by atomic mass is 35.5. The number of rotatable bonds is 5. The first kappa shape index (κ1) is 13.0. The number of aldehydes is 1. The normalized spacial score (nSPS) is 11.2. The molecule has 0 amide bonds. The minimum absolute atomic E-state index is 0.353. The molecule has 0 saturated carbocycles. The molecule has 3 nitrogen and oxygen atoms in total. The van der Waals surface area contributed by atoms with Gasteiger partial charge in [-0.25, -0.2) is 0 Å². The number of hydrogen-bond donors (Lipinski definition) is 1. The van der Waals surface area contributed by atoms with E-state index < -0.39 is 5.60 Å². The van der Waals surface area contributed by atoms with Crippen LogP contribution in [0.4, 0.5) is 0 Å². The van der Waals surface area contributed by atoms with Crippen molar-refractivity contribution in [3.8, 4) is 5.75 Å². The summed E-state index contributed by atoms with van der Waals surface area (Å²) in [6.07, 6.45) is 1.19. The monoisotopic (exact) mass is 242 g/mol. The fraction of sp³-hybridized carbons (Fsp3) is 0.417. The Morgan fingerprint density at radius 2 is 2.19 bits per heavy atom. The van der Waals surface area contributed by atoms with Crippen LogP contribution in [-0.4, -0.2) is 23.6 Å². The van der Waals surface area contributed by atoms with Gasteiger partial charge in [0.15, 0.2) is 6.29 Å². The van der Waals surface area contributed by atoms with Gasteiger partial charge in [-0.1, -0.05) is 11.6 Å². The molecule has 16 heavy (non-hydrogen) atoms. The summed E-state index contributed by atoms with van der Waals surface area (Å²) in [5, 5.41) is 9.99. The standard InChI is InChI=1S/C12H15ClO3/c1-12(2,15)5-6-16-11-4-3-10(13)7-9(11)8-14/h3-4,7-8,15H,5-6H2,1-2H3. The lowest BCUT2D eigenvalue weighted by Crippen LogP contribution is -2.22. The maximum atomic E-state index is 10.8. The largest absolute Gasteiger partial charge is 0.493 e. The molecule has 0 aliphatic carbocycles. The summed E-state index contributed by atoms with van der Waals surface area (Å²) >= 11 is 5.75. The van der Waals surface area contributed by atoms with Crippen LogP contribution in [0.25, 0.3) is 0 Å². The predicted octanol–water partition coefficient (Wildman–Crippen LogP) is 2.69. The van der Waals surface area contributed by atoms with Crippen LogP contribution in [0.3, 0.4) is 0 Å². The molecule has 0 atom stereocenters. The third kappa shape index (κ3) is 4.21. The highest BCUT2D eigenvalue weighted by molar-refractivity contribution is 6.30. The van der Waals surface area contributed by atoms with Crippen LogP contribution in [-0.2, 0) is 0 Å². The van der Waals surface area contributed by atoms with Crippen LogP contribution >= 0.6 is 11.6 Å². The van der Waals surface area contributed by atoms with Gasteiger partial charge in [0, 0.05) is 11.4 Å². The number of carbonyl (C=O) groups is 1. The molecule has 0 radical (unpaired) electrons. The van der Waals surface area contributed by atoms with Gasteiger partial charge in [-0.3, -0.25) is 4.79 Å². The van der Waals surface area contributed by atoms with Gasteiger partial charge >= 0.3 is 0 Å². The molecule has 0 spiro atoms. The zero-order valence-electron chi connectivity index (χ0n) is 9.37. The molecule has 0 fully saturated rings. The van der Waals surface area contributed by atoms with Crippen molar-refractivity contribution in [3.05, 3.63) is 28.8 Å². The van der Waals surface area contributed by atoms with Crippen LogP contribution in [0.1, 0.15) is 30.6 Å². The number of benzene rings is 1. The Bertz CT molecular complexity index is 369. The topological polar surface area (TPSA) is 46.5 Å². The Morgan fingerprint density at radius 1 is 1.50 bits per heavy atom. The number of aliphatic hydroxyl groups is 1. The molecule has 0 aromatic heterocycles. The molecule has 1 rings (SSSR count). The molecule has 0 heterocycles. The van der Waals surface area contributed by atoms with E-state index in [2.05, 4.69) is 0 Å². The van der Waals surface area contributed by atoms with Crippen molar-refractivity contribution in [2.24, 2.45) is 0 Å². The smallest absolute Gasteiger partial charge is 0.153 e. The minimum atomic E-state index is -0.770. The fourth-order valence-corrected chi connectivity index (χ4v) is 1.33. The van der Waals surface area contributed by atoms with Crippen molar-refractivity contribution >= 4 is 17.9 Å². The van der Waals surface area contributed by atoms with E-state index in [1.165, 1.54) is 0 Å². The van der Waals surface area contributed by atoms with Crippen molar-refractivity contribution in [1.29, 1.82) is 0 Å². The Balaban J connectivity index is 2.63. The van der Waals surface area contributed by atoms with Crippen molar-refractivity contribution in [2.75, 3.05) is 6.61 Å². The maximum Gasteiger partial charge on any atom is 0.153 e. The lowest BCUT2D eigenvalue weighted by Gasteiger charge is -2.17. The second-order valence-electron chi connectivity index (χ2n) is 4.21. The maximum absolute atomic E-state index is 10.8. The molecule has 1 aromatic rings. The Labute approximate surface area is 100.0 Å². The molecule has 0 saturated heterocycles. The molecule has 1 N–H and O–H groups in total. The van der Waals surface area contributed by atoms with Gasteiger partial charge < -0.3 is 9.84 Å². The first-order valence-electron chi connectivity index (χ1n) is 5.02. The van der Waals surface area contributed by atoms with E-state index >= 15 is 0 Å².